The molecule has 0 radical (unpaired) electrons. The number of carbonyl (C=O) groups is 2. The van der Waals surface area contributed by atoms with Crippen LogP contribution in [-0.4, -0.2) is 26.5 Å². The second kappa shape index (κ2) is 18.6. The largest absolute Gasteiger partial charge is 0.310 e. The summed E-state index contributed by atoms with van der Waals surface area (Å²) < 4.78 is 0. The van der Waals surface area contributed by atoms with E-state index in [9.17, 15) is 0 Å². The van der Waals surface area contributed by atoms with Crippen molar-refractivity contribution in [3.8, 4) is 22.3 Å². The smallest absolute Gasteiger partial charge is 0.230 e. The van der Waals surface area contributed by atoms with E-state index >= 15 is 9.59 Å². The van der Waals surface area contributed by atoms with Crippen LogP contribution in [0.4, 0.5) is 34.1 Å². The van der Waals surface area contributed by atoms with E-state index in [-0.39, 0.29) is 17.5 Å². The average molecular weight is 980 g/mol. The summed E-state index contributed by atoms with van der Waals surface area (Å²) >= 11 is 0. The summed E-state index contributed by atoms with van der Waals surface area (Å²) in [7, 11) is 0. The molecule has 1 heterocycles. The van der Waals surface area contributed by atoms with Gasteiger partial charge in [0.05, 0.1) is 0 Å². The van der Waals surface area contributed by atoms with E-state index in [2.05, 4.69) is 200 Å². The number of hydrogen-bond donors (Lipinski definition) is 0. The number of anilines is 6. The Balaban J connectivity index is 1.23. The topological polar surface area (TPSA) is 79.3 Å². The lowest BCUT2D eigenvalue weighted by Gasteiger charge is -2.38. The van der Waals surface area contributed by atoms with Gasteiger partial charge in [-0.2, -0.15) is 0 Å². The molecule has 362 valence electrons. The molecule has 0 bridgehead atoms. The summed E-state index contributed by atoms with van der Waals surface area (Å²) in [5.41, 5.74) is 13.7. The fourth-order valence-electron chi connectivity index (χ4n) is 11.8. The van der Waals surface area contributed by atoms with Crippen molar-refractivity contribution in [3.63, 3.8) is 0 Å². The summed E-state index contributed by atoms with van der Waals surface area (Å²) in [5.74, 6) is -0.845. The summed E-state index contributed by atoms with van der Waals surface area (Å²) in [6, 6.07) is 88.1. The van der Waals surface area contributed by atoms with Crippen LogP contribution < -0.4 is 9.80 Å². The fraction of sp³-hybridized carbons (Fsp3) is 0.0580. The molecule has 0 amide bonds. The van der Waals surface area contributed by atoms with Crippen LogP contribution in [0.15, 0.2) is 261 Å². The molecule has 10 aromatic carbocycles. The number of para-hydroxylation sites is 4. The summed E-state index contributed by atoms with van der Waals surface area (Å²) in [4.78, 5) is 50.6. The Kier molecular flexibility index (Phi) is 11.2. The lowest BCUT2D eigenvalue weighted by atomic mass is 9.66. The van der Waals surface area contributed by atoms with Gasteiger partial charge in [0, 0.05) is 50.7 Å². The number of hydrogen-bond acceptors (Lipinski definition) is 7. The van der Waals surface area contributed by atoms with Crippen LogP contribution in [0.3, 0.4) is 0 Å². The Bertz CT molecular complexity index is 3750. The minimum Gasteiger partial charge on any atom is -0.310 e. The molecule has 0 aliphatic heterocycles. The standard InChI is InChI=1S/C69H49N5O2/c1-68(2)59-39-23-21-37-55(59)57-41-42-58-56-38-22-24-40-60(56)69(62(58)61(57)68,67-71-65(63(75)46-25-9-3-10-26-46)70-66(72-67)64(76)47-27-11-4-12-28-47)48-43-53(73(49-29-13-5-14-30-49)50-31-15-6-16-32-50)45-54(44-48)74(51-33-17-7-18-34-51)52-35-19-8-20-36-52/h3-45H,1-2H3. The first-order valence-electron chi connectivity index (χ1n) is 25.6. The number of ketones is 2. The zero-order chi connectivity index (χ0) is 51.4. The number of benzene rings is 10. The monoisotopic (exact) mass is 979 g/mol. The van der Waals surface area contributed by atoms with E-state index in [0.29, 0.717) is 11.1 Å². The Morgan fingerprint density at radius 1 is 0.342 bits per heavy atom. The van der Waals surface area contributed by atoms with Gasteiger partial charge in [0.25, 0.3) is 0 Å². The molecule has 1 aromatic heterocycles. The lowest BCUT2D eigenvalue weighted by Crippen LogP contribution is -2.36. The van der Waals surface area contributed by atoms with Crippen LogP contribution in [0.5, 0.6) is 0 Å². The van der Waals surface area contributed by atoms with Crippen molar-refractivity contribution in [1.82, 2.24) is 15.0 Å². The van der Waals surface area contributed by atoms with E-state index < -0.39 is 22.4 Å². The van der Waals surface area contributed by atoms with Crippen LogP contribution in [0.2, 0.25) is 0 Å². The van der Waals surface area contributed by atoms with Gasteiger partial charge in [-0.05, 0) is 117 Å². The first kappa shape index (κ1) is 46.0. The van der Waals surface area contributed by atoms with Gasteiger partial charge in [0.2, 0.25) is 23.2 Å². The molecule has 1 unspecified atom stereocenters. The minimum absolute atomic E-state index is 0.127. The van der Waals surface area contributed by atoms with Gasteiger partial charge in [0.1, 0.15) is 5.41 Å². The normalized spacial score (nSPS) is 14.4. The van der Waals surface area contributed by atoms with E-state index in [1.54, 1.807) is 24.3 Å². The number of aromatic nitrogens is 3. The van der Waals surface area contributed by atoms with Crippen molar-refractivity contribution >= 4 is 45.7 Å². The third kappa shape index (κ3) is 7.46. The third-order valence-electron chi connectivity index (χ3n) is 15.1. The fourth-order valence-corrected chi connectivity index (χ4v) is 11.8. The van der Waals surface area contributed by atoms with Crippen molar-refractivity contribution in [1.29, 1.82) is 0 Å². The number of rotatable bonds is 12. The van der Waals surface area contributed by atoms with Crippen LogP contribution in [0.25, 0.3) is 22.3 Å². The zero-order valence-electron chi connectivity index (χ0n) is 41.9. The van der Waals surface area contributed by atoms with E-state index in [1.165, 1.54) is 5.56 Å². The highest BCUT2D eigenvalue weighted by Gasteiger charge is 2.54. The van der Waals surface area contributed by atoms with Gasteiger partial charge in [-0.15, -0.1) is 0 Å². The molecule has 13 rings (SSSR count). The molecular formula is C69H49N5O2. The summed E-state index contributed by atoms with van der Waals surface area (Å²) in [5, 5.41) is 0. The quantitative estimate of drug-likeness (QED) is 0.113. The van der Waals surface area contributed by atoms with Gasteiger partial charge in [-0.3, -0.25) is 9.59 Å². The van der Waals surface area contributed by atoms with Crippen molar-refractivity contribution < 1.29 is 9.59 Å². The van der Waals surface area contributed by atoms with Crippen molar-refractivity contribution in [3.05, 3.63) is 317 Å². The highest BCUT2D eigenvalue weighted by atomic mass is 16.1. The summed E-state index contributed by atoms with van der Waals surface area (Å²) in [6.07, 6.45) is 0. The molecule has 0 spiro atoms. The maximum absolute atomic E-state index is 15.1. The lowest BCUT2D eigenvalue weighted by molar-refractivity contribution is 0.102. The predicted molar refractivity (Wildman–Crippen MR) is 304 cm³/mol. The molecule has 0 saturated carbocycles. The van der Waals surface area contributed by atoms with Gasteiger partial charge in [-0.25, -0.2) is 15.0 Å². The van der Waals surface area contributed by atoms with E-state index in [0.717, 1.165) is 78.6 Å². The molecule has 2 aliphatic carbocycles. The molecule has 0 saturated heterocycles. The molecule has 76 heavy (non-hydrogen) atoms. The highest BCUT2D eigenvalue weighted by molar-refractivity contribution is 6.09. The second-order valence-corrected chi connectivity index (χ2v) is 19.8. The third-order valence-corrected chi connectivity index (χ3v) is 15.1. The van der Waals surface area contributed by atoms with Gasteiger partial charge in [-0.1, -0.05) is 208 Å². The molecule has 0 fully saturated rings. The van der Waals surface area contributed by atoms with Crippen LogP contribution in [0.1, 0.15) is 79.9 Å². The van der Waals surface area contributed by atoms with Crippen molar-refractivity contribution in [2.24, 2.45) is 0 Å². The Morgan fingerprint density at radius 3 is 1.13 bits per heavy atom. The first-order valence-corrected chi connectivity index (χ1v) is 25.6. The van der Waals surface area contributed by atoms with Gasteiger partial charge < -0.3 is 9.80 Å². The van der Waals surface area contributed by atoms with Gasteiger partial charge >= 0.3 is 0 Å². The van der Waals surface area contributed by atoms with Crippen molar-refractivity contribution in [2.45, 2.75) is 24.7 Å². The maximum Gasteiger partial charge on any atom is 0.230 e. The highest BCUT2D eigenvalue weighted by Crippen LogP contribution is 2.63. The Morgan fingerprint density at radius 2 is 0.697 bits per heavy atom. The second-order valence-electron chi connectivity index (χ2n) is 19.8. The van der Waals surface area contributed by atoms with Crippen molar-refractivity contribution in [2.75, 3.05) is 9.80 Å². The number of carbonyl (C=O) groups excluding carboxylic acids is 2. The van der Waals surface area contributed by atoms with Crippen LogP contribution in [-0.2, 0) is 10.8 Å². The predicted octanol–water partition coefficient (Wildman–Crippen LogP) is 15.9. The molecule has 2 aliphatic rings. The molecule has 0 N–H and O–H groups in total. The molecule has 11 aromatic rings. The number of nitrogens with zero attached hydrogens (tertiary/aromatic N) is 5. The maximum atomic E-state index is 15.1. The zero-order valence-corrected chi connectivity index (χ0v) is 41.9. The van der Waals surface area contributed by atoms with Crippen LogP contribution >= 0.6 is 0 Å². The van der Waals surface area contributed by atoms with E-state index in [4.69, 9.17) is 15.0 Å². The molecule has 1 atom stereocenters. The molecular weight excluding hydrogens is 931 g/mol. The minimum atomic E-state index is -1.40. The Labute approximate surface area is 442 Å². The van der Waals surface area contributed by atoms with Gasteiger partial charge in [0.15, 0.2) is 5.82 Å². The van der Waals surface area contributed by atoms with Crippen LogP contribution in [0, 0.1) is 0 Å². The number of fused-ring (bicyclic) bond motifs is 7. The molecule has 7 heteroatoms. The Hall–Kier alpha value is -9.85. The first-order chi connectivity index (χ1) is 37.3. The summed E-state index contributed by atoms with van der Waals surface area (Å²) in [6.45, 7) is 4.60. The SMILES string of the molecule is CC1(C)c2ccccc2-c2ccc3c(c21)C(c1cc(N(c2ccccc2)c2ccccc2)cc(N(c2ccccc2)c2ccccc2)c1)(c1nc(C(=O)c2ccccc2)nc(C(=O)c2ccccc2)n1)c1ccccc1-3. The molecule has 7 nitrogen and oxygen atoms in total. The van der Waals surface area contributed by atoms with E-state index in [1.807, 2.05) is 60.7 Å². The average Bonchev–Trinajstić information content (AvgIpc) is 4.15.